The molecule has 0 saturated carbocycles. The maximum atomic E-state index is 8.93. The Kier molecular flexibility index (Phi) is 5.05. The van der Waals surface area contributed by atoms with Crippen LogP contribution in [0.25, 0.3) is 0 Å². The van der Waals surface area contributed by atoms with E-state index in [4.69, 9.17) is 21.8 Å². The lowest BCUT2D eigenvalue weighted by molar-refractivity contribution is 0.636. The zero-order valence-electron chi connectivity index (χ0n) is 14.7. The highest BCUT2D eigenvalue weighted by Gasteiger charge is 2.22. The number of pyridine rings is 1. The molecule has 6 nitrogen and oxygen atoms in total. The number of nitrogens with zero attached hydrogens (tertiary/aromatic N) is 6. The van der Waals surface area contributed by atoms with Crippen molar-refractivity contribution < 1.29 is 0 Å². The van der Waals surface area contributed by atoms with E-state index in [0.717, 1.165) is 49.3 Å². The number of hydrogen-bond acceptors (Lipinski definition) is 6. The minimum absolute atomic E-state index is 0.307. The Morgan fingerprint density at radius 2 is 1.80 bits per heavy atom. The van der Waals surface area contributed by atoms with Gasteiger partial charge in [-0.05, 0) is 13.0 Å². The Balaban J connectivity index is 1.73. The topological polar surface area (TPSA) is 68.9 Å². The van der Waals surface area contributed by atoms with Crippen LogP contribution in [0.1, 0.15) is 36.8 Å². The zero-order chi connectivity index (χ0) is 18.0. The molecule has 3 heterocycles. The fraction of sp³-hybridized carbons (Fsp3) is 0.444. The molecule has 0 N–H and O–H groups in total. The Bertz CT molecular complexity index is 806. The van der Waals surface area contributed by atoms with E-state index in [2.05, 4.69) is 39.7 Å². The molecule has 0 unspecified atom stereocenters. The average molecular weight is 357 g/mol. The van der Waals surface area contributed by atoms with E-state index in [1.165, 1.54) is 0 Å². The normalized spacial score (nSPS) is 14.7. The maximum Gasteiger partial charge on any atom is 0.147 e. The molecule has 0 spiro atoms. The van der Waals surface area contributed by atoms with E-state index < -0.39 is 0 Å². The van der Waals surface area contributed by atoms with Crippen molar-refractivity contribution in [3.05, 3.63) is 40.4 Å². The summed E-state index contributed by atoms with van der Waals surface area (Å²) >= 11 is 6.28. The van der Waals surface area contributed by atoms with Crippen LogP contribution in [-0.4, -0.2) is 41.1 Å². The van der Waals surface area contributed by atoms with Crippen molar-refractivity contribution in [2.75, 3.05) is 36.0 Å². The van der Waals surface area contributed by atoms with Gasteiger partial charge in [-0.2, -0.15) is 5.26 Å². The van der Waals surface area contributed by atoms with Crippen LogP contribution < -0.4 is 9.80 Å². The molecule has 2 aromatic heterocycles. The molecule has 0 bridgehead atoms. The number of aryl methyl sites for hydroxylation is 1. The number of nitriles is 1. The molecule has 1 aliphatic rings. The summed E-state index contributed by atoms with van der Waals surface area (Å²) in [7, 11) is 0. The minimum Gasteiger partial charge on any atom is -0.353 e. The van der Waals surface area contributed by atoms with Crippen LogP contribution in [-0.2, 0) is 0 Å². The molecule has 25 heavy (non-hydrogen) atoms. The van der Waals surface area contributed by atoms with E-state index in [1.807, 2.05) is 13.0 Å². The van der Waals surface area contributed by atoms with Gasteiger partial charge in [0, 0.05) is 50.1 Å². The van der Waals surface area contributed by atoms with Crippen LogP contribution in [0, 0.1) is 18.3 Å². The first-order valence-corrected chi connectivity index (χ1v) is 8.77. The third-order valence-corrected chi connectivity index (χ3v) is 4.51. The third-order valence-electron chi connectivity index (χ3n) is 4.23. The van der Waals surface area contributed by atoms with E-state index in [-0.39, 0.29) is 0 Å². The van der Waals surface area contributed by atoms with Gasteiger partial charge in [-0.25, -0.2) is 15.0 Å². The SMILES string of the molecule is Cc1cc(N2CCN(c3ncc(C#N)cc3Cl)CC2)nc(C(C)C)n1. The fourth-order valence-electron chi connectivity index (χ4n) is 2.87. The van der Waals surface area contributed by atoms with Gasteiger partial charge in [0.05, 0.1) is 10.6 Å². The first-order chi connectivity index (χ1) is 12.0. The van der Waals surface area contributed by atoms with Gasteiger partial charge < -0.3 is 9.80 Å². The molecule has 0 aromatic carbocycles. The number of anilines is 2. The predicted molar refractivity (Wildman–Crippen MR) is 99.2 cm³/mol. The Morgan fingerprint density at radius 1 is 1.12 bits per heavy atom. The van der Waals surface area contributed by atoms with Gasteiger partial charge in [-0.1, -0.05) is 25.4 Å². The Hall–Kier alpha value is -2.39. The van der Waals surface area contributed by atoms with Gasteiger partial charge in [0.25, 0.3) is 0 Å². The number of rotatable bonds is 3. The number of piperazine rings is 1. The zero-order valence-corrected chi connectivity index (χ0v) is 15.5. The van der Waals surface area contributed by atoms with E-state index in [0.29, 0.717) is 16.5 Å². The Labute approximate surface area is 153 Å². The van der Waals surface area contributed by atoms with Gasteiger partial charge in [0.2, 0.25) is 0 Å². The summed E-state index contributed by atoms with van der Waals surface area (Å²) in [5, 5.41) is 9.45. The third kappa shape index (κ3) is 3.83. The molecule has 0 radical (unpaired) electrons. The van der Waals surface area contributed by atoms with Crippen molar-refractivity contribution >= 4 is 23.2 Å². The largest absolute Gasteiger partial charge is 0.353 e. The number of halogens is 1. The second-order valence-corrected chi connectivity index (χ2v) is 6.90. The smallest absolute Gasteiger partial charge is 0.147 e. The van der Waals surface area contributed by atoms with E-state index in [1.54, 1.807) is 12.3 Å². The molecule has 0 aliphatic carbocycles. The van der Waals surface area contributed by atoms with Gasteiger partial charge in [0.15, 0.2) is 0 Å². The molecule has 1 fully saturated rings. The van der Waals surface area contributed by atoms with Crippen molar-refractivity contribution in [1.82, 2.24) is 15.0 Å². The van der Waals surface area contributed by atoms with Gasteiger partial charge in [-0.15, -0.1) is 0 Å². The van der Waals surface area contributed by atoms with Crippen LogP contribution in [0.15, 0.2) is 18.3 Å². The first-order valence-electron chi connectivity index (χ1n) is 8.39. The molecule has 3 rings (SSSR count). The number of aromatic nitrogens is 3. The second kappa shape index (κ2) is 7.24. The van der Waals surface area contributed by atoms with Crippen molar-refractivity contribution in [1.29, 1.82) is 5.26 Å². The highest BCUT2D eigenvalue weighted by molar-refractivity contribution is 6.33. The van der Waals surface area contributed by atoms with Crippen LogP contribution >= 0.6 is 11.6 Å². The molecule has 2 aromatic rings. The lowest BCUT2D eigenvalue weighted by Crippen LogP contribution is -2.47. The van der Waals surface area contributed by atoms with Crippen LogP contribution in [0.3, 0.4) is 0 Å². The summed E-state index contributed by atoms with van der Waals surface area (Å²) in [5.41, 5.74) is 1.47. The summed E-state index contributed by atoms with van der Waals surface area (Å²) in [6.45, 7) is 9.51. The molecule has 1 saturated heterocycles. The minimum atomic E-state index is 0.307. The highest BCUT2D eigenvalue weighted by atomic mass is 35.5. The first kappa shape index (κ1) is 17.4. The van der Waals surface area contributed by atoms with Crippen molar-refractivity contribution in [3.8, 4) is 6.07 Å². The van der Waals surface area contributed by atoms with Crippen molar-refractivity contribution in [2.45, 2.75) is 26.7 Å². The molecular formula is C18H21ClN6. The van der Waals surface area contributed by atoms with Crippen LogP contribution in [0.5, 0.6) is 0 Å². The fourth-order valence-corrected chi connectivity index (χ4v) is 3.15. The molecule has 1 aliphatic heterocycles. The van der Waals surface area contributed by atoms with Gasteiger partial charge in [0.1, 0.15) is 23.5 Å². The molecule has 7 heteroatoms. The highest BCUT2D eigenvalue weighted by Crippen LogP contribution is 2.26. The van der Waals surface area contributed by atoms with Crippen LogP contribution in [0.2, 0.25) is 5.02 Å². The molecular weight excluding hydrogens is 336 g/mol. The van der Waals surface area contributed by atoms with Gasteiger partial charge >= 0.3 is 0 Å². The van der Waals surface area contributed by atoms with E-state index >= 15 is 0 Å². The summed E-state index contributed by atoms with van der Waals surface area (Å²) in [5.74, 6) is 2.91. The standard InChI is InChI=1S/C18H21ClN6/c1-12(2)17-22-13(3)8-16(23-17)24-4-6-25(7-5-24)18-15(19)9-14(10-20)11-21-18/h8-9,11-12H,4-7H2,1-3H3. The summed E-state index contributed by atoms with van der Waals surface area (Å²) < 4.78 is 0. The number of hydrogen-bond donors (Lipinski definition) is 0. The van der Waals surface area contributed by atoms with Gasteiger partial charge in [-0.3, -0.25) is 0 Å². The maximum absolute atomic E-state index is 8.93. The van der Waals surface area contributed by atoms with Crippen LogP contribution in [0.4, 0.5) is 11.6 Å². The summed E-state index contributed by atoms with van der Waals surface area (Å²) in [6.07, 6.45) is 1.57. The van der Waals surface area contributed by atoms with E-state index in [9.17, 15) is 0 Å². The monoisotopic (exact) mass is 356 g/mol. The second-order valence-electron chi connectivity index (χ2n) is 6.50. The lowest BCUT2D eigenvalue weighted by atomic mass is 10.2. The predicted octanol–water partition coefficient (Wildman–Crippen LogP) is 3.16. The molecule has 0 atom stereocenters. The lowest BCUT2D eigenvalue weighted by Gasteiger charge is -2.36. The average Bonchev–Trinajstić information content (AvgIpc) is 2.61. The molecule has 130 valence electrons. The quantitative estimate of drug-likeness (QED) is 0.841. The van der Waals surface area contributed by atoms with Crippen molar-refractivity contribution in [2.24, 2.45) is 0 Å². The van der Waals surface area contributed by atoms with Crippen molar-refractivity contribution in [3.63, 3.8) is 0 Å². The Morgan fingerprint density at radius 3 is 2.40 bits per heavy atom. The molecule has 0 amide bonds. The summed E-state index contributed by atoms with van der Waals surface area (Å²) in [4.78, 5) is 18.0. The summed E-state index contributed by atoms with van der Waals surface area (Å²) in [6, 6.07) is 5.76.